The average Bonchev–Trinajstić information content (AvgIpc) is 3.00. The number of benzene rings is 2. The zero-order valence-electron chi connectivity index (χ0n) is 19.5. The lowest BCUT2D eigenvalue weighted by Gasteiger charge is -2.37. The van der Waals surface area contributed by atoms with Gasteiger partial charge in [-0.25, -0.2) is 9.79 Å². The number of nitrogens with one attached hydrogen (secondary N) is 1. The normalized spacial score (nSPS) is 18.4. The Labute approximate surface area is 195 Å². The minimum atomic E-state index is 0.0682. The third kappa shape index (κ3) is 4.63. The van der Waals surface area contributed by atoms with Crippen LogP contribution in [0, 0.1) is 6.92 Å². The number of rotatable bonds is 2. The summed E-state index contributed by atoms with van der Waals surface area (Å²) in [7, 11) is 1.66. The van der Waals surface area contributed by atoms with Crippen molar-refractivity contribution in [1.82, 2.24) is 15.1 Å². The Morgan fingerprint density at radius 2 is 1.82 bits per heavy atom. The molecule has 174 valence electrons. The maximum atomic E-state index is 12.8. The summed E-state index contributed by atoms with van der Waals surface area (Å²) in [6.45, 7) is 4.84. The summed E-state index contributed by atoms with van der Waals surface area (Å²) in [5.74, 6) is 3.09. The van der Waals surface area contributed by atoms with Crippen molar-refractivity contribution in [2.24, 2.45) is 4.99 Å². The van der Waals surface area contributed by atoms with E-state index in [4.69, 9.17) is 14.5 Å². The van der Waals surface area contributed by atoms with E-state index < -0.39 is 0 Å². The molecule has 0 radical (unpaired) electrons. The van der Waals surface area contributed by atoms with Gasteiger partial charge < -0.3 is 24.6 Å². The van der Waals surface area contributed by atoms with Gasteiger partial charge in [-0.1, -0.05) is 25.3 Å². The molecule has 0 atom stereocenters. The number of amidine groups is 1. The van der Waals surface area contributed by atoms with Gasteiger partial charge in [-0.2, -0.15) is 0 Å². The zero-order valence-corrected chi connectivity index (χ0v) is 19.5. The van der Waals surface area contributed by atoms with Crippen molar-refractivity contribution in [3.63, 3.8) is 0 Å². The summed E-state index contributed by atoms with van der Waals surface area (Å²) < 4.78 is 11.7. The van der Waals surface area contributed by atoms with Gasteiger partial charge in [-0.05, 0) is 49.6 Å². The summed E-state index contributed by atoms with van der Waals surface area (Å²) in [4.78, 5) is 22.0. The highest BCUT2D eigenvalue weighted by Crippen LogP contribution is 2.40. The number of methoxy groups -OCH3 is 1. The Kier molecular flexibility index (Phi) is 6.11. The first-order valence-electron chi connectivity index (χ1n) is 12.0. The van der Waals surface area contributed by atoms with E-state index in [0.717, 1.165) is 65.8 Å². The highest BCUT2D eigenvalue weighted by molar-refractivity contribution is 6.04. The van der Waals surface area contributed by atoms with Crippen molar-refractivity contribution in [2.75, 3.05) is 33.3 Å². The average molecular weight is 449 g/mol. The molecule has 7 heteroatoms. The molecule has 1 saturated heterocycles. The third-order valence-corrected chi connectivity index (χ3v) is 6.79. The number of carbonyl (C=O) groups excluding carboxylic acids is 1. The Bertz CT molecular complexity index is 1050. The van der Waals surface area contributed by atoms with E-state index in [-0.39, 0.29) is 6.03 Å². The van der Waals surface area contributed by atoms with Crippen molar-refractivity contribution in [1.29, 1.82) is 0 Å². The predicted octanol–water partition coefficient (Wildman–Crippen LogP) is 4.85. The molecule has 5 rings (SSSR count). The van der Waals surface area contributed by atoms with Crippen LogP contribution < -0.4 is 14.8 Å². The van der Waals surface area contributed by atoms with Crippen molar-refractivity contribution in [3.8, 4) is 17.2 Å². The maximum Gasteiger partial charge on any atom is 0.317 e. The molecular formula is C26H32N4O3. The number of hydrogen-bond acceptors (Lipinski definition) is 5. The van der Waals surface area contributed by atoms with Crippen LogP contribution >= 0.6 is 0 Å². The van der Waals surface area contributed by atoms with Gasteiger partial charge in [0.05, 0.1) is 12.7 Å². The molecule has 33 heavy (non-hydrogen) atoms. The first-order valence-corrected chi connectivity index (χ1v) is 12.0. The first kappa shape index (κ1) is 21.6. The van der Waals surface area contributed by atoms with Gasteiger partial charge in [-0.15, -0.1) is 0 Å². The number of fused-ring (bicyclic) bond motifs is 2. The number of piperazine rings is 1. The lowest BCUT2D eigenvalue weighted by Crippen LogP contribution is -2.54. The van der Waals surface area contributed by atoms with Crippen molar-refractivity contribution in [2.45, 2.75) is 45.1 Å². The smallest absolute Gasteiger partial charge is 0.317 e. The molecule has 1 aliphatic carbocycles. The molecule has 2 fully saturated rings. The highest BCUT2D eigenvalue weighted by Gasteiger charge is 2.29. The summed E-state index contributed by atoms with van der Waals surface area (Å²) in [6, 6.07) is 12.3. The number of urea groups is 1. The zero-order chi connectivity index (χ0) is 22.8. The van der Waals surface area contributed by atoms with Gasteiger partial charge in [0.2, 0.25) is 0 Å². The van der Waals surface area contributed by atoms with Crippen LogP contribution in [0.5, 0.6) is 17.2 Å². The maximum absolute atomic E-state index is 12.8. The monoisotopic (exact) mass is 448 g/mol. The molecule has 2 amide bonds. The highest BCUT2D eigenvalue weighted by atomic mass is 16.5. The van der Waals surface area contributed by atoms with E-state index >= 15 is 0 Å². The Hall–Kier alpha value is -3.22. The largest absolute Gasteiger partial charge is 0.497 e. The summed E-state index contributed by atoms with van der Waals surface area (Å²) in [5.41, 5.74) is 2.86. The molecule has 2 aromatic carbocycles. The fraction of sp³-hybridized carbons (Fsp3) is 0.462. The van der Waals surface area contributed by atoms with E-state index in [1.165, 1.54) is 19.3 Å². The molecule has 1 saturated carbocycles. The number of ether oxygens (including phenoxy) is 2. The second-order valence-electron chi connectivity index (χ2n) is 9.13. The van der Waals surface area contributed by atoms with Gasteiger partial charge in [0.1, 0.15) is 23.0 Å². The second kappa shape index (κ2) is 9.33. The van der Waals surface area contributed by atoms with Gasteiger partial charge in [0.15, 0.2) is 5.75 Å². The molecule has 0 aromatic heterocycles. The van der Waals surface area contributed by atoms with Crippen LogP contribution in [0.2, 0.25) is 0 Å². The van der Waals surface area contributed by atoms with Gasteiger partial charge in [-0.3, -0.25) is 0 Å². The van der Waals surface area contributed by atoms with Crippen LogP contribution in [0.15, 0.2) is 41.4 Å². The minimum Gasteiger partial charge on any atom is -0.497 e. The van der Waals surface area contributed by atoms with Gasteiger partial charge in [0.25, 0.3) is 0 Å². The molecule has 7 nitrogen and oxygen atoms in total. The Morgan fingerprint density at radius 1 is 1.03 bits per heavy atom. The summed E-state index contributed by atoms with van der Waals surface area (Å²) in [6.07, 6.45) is 5.91. The predicted molar refractivity (Wildman–Crippen MR) is 129 cm³/mol. The quantitative estimate of drug-likeness (QED) is 0.713. The van der Waals surface area contributed by atoms with Gasteiger partial charge >= 0.3 is 6.03 Å². The van der Waals surface area contributed by atoms with Crippen molar-refractivity contribution in [3.05, 3.63) is 47.5 Å². The third-order valence-electron chi connectivity index (χ3n) is 6.79. The lowest BCUT2D eigenvalue weighted by atomic mass is 9.96. The topological polar surface area (TPSA) is 66.4 Å². The number of amides is 2. The molecule has 0 unspecified atom stereocenters. The van der Waals surface area contributed by atoms with Crippen LogP contribution in [0.3, 0.4) is 0 Å². The molecule has 2 aromatic rings. The summed E-state index contributed by atoms with van der Waals surface area (Å²) >= 11 is 0. The van der Waals surface area contributed by atoms with E-state index in [2.05, 4.69) is 10.2 Å². The SMILES string of the molecule is COc1ccc2c(c1)Oc1cc(C)ccc1N=C2N1CCN(C(=O)NC2CCCCC2)CC1. The molecule has 0 spiro atoms. The van der Waals surface area contributed by atoms with E-state index in [1.807, 2.05) is 48.2 Å². The number of aryl methyl sites for hydroxylation is 1. The molecule has 3 aliphatic rings. The molecule has 2 heterocycles. The second-order valence-corrected chi connectivity index (χ2v) is 9.13. The molecular weight excluding hydrogens is 416 g/mol. The van der Waals surface area contributed by atoms with E-state index in [1.54, 1.807) is 7.11 Å². The summed E-state index contributed by atoms with van der Waals surface area (Å²) in [5, 5.41) is 3.24. The van der Waals surface area contributed by atoms with Crippen LogP contribution in [-0.2, 0) is 0 Å². The number of carbonyl (C=O) groups is 1. The number of nitrogens with zero attached hydrogens (tertiary/aromatic N) is 3. The fourth-order valence-corrected chi connectivity index (χ4v) is 4.86. The fourth-order valence-electron chi connectivity index (χ4n) is 4.86. The van der Waals surface area contributed by atoms with Crippen molar-refractivity contribution < 1.29 is 14.3 Å². The number of aliphatic imine (C=N–C) groups is 1. The molecule has 2 aliphatic heterocycles. The Morgan fingerprint density at radius 3 is 2.58 bits per heavy atom. The van der Waals surface area contributed by atoms with Crippen molar-refractivity contribution >= 4 is 17.6 Å². The first-order chi connectivity index (χ1) is 16.1. The minimum absolute atomic E-state index is 0.0682. The van der Waals surface area contributed by atoms with Gasteiger partial charge in [0, 0.05) is 38.3 Å². The van der Waals surface area contributed by atoms with Crippen LogP contribution in [0.25, 0.3) is 0 Å². The standard InChI is InChI=1S/C26H32N4O3/c1-18-8-11-22-24(16-18)33-23-17-20(32-2)9-10-21(23)25(28-22)29-12-14-30(15-13-29)26(31)27-19-6-4-3-5-7-19/h8-11,16-17,19H,3-7,12-15H2,1-2H3,(H,27,31). The molecule has 1 N–H and O–H groups in total. The van der Waals surface area contributed by atoms with Crippen LogP contribution in [0.4, 0.5) is 10.5 Å². The lowest BCUT2D eigenvalue weighted by molar-refractivity contribution is 0.164. The molecule has 0 bridgehead atoms. The van der Waals surface area contributed by atoms with E-state index in [0.29, 0.717) is 19.1 Å². The van der Waals surface area contributed by atoms with E-state index in [9.17, 15) is 4.79 Å². The van der Waals surface area contributed by atoms with Crippen LogP contribution in [0.1, 0.15) is 43.2 Å². The number of hydrogen-bond donors (Lipinski definition) is 1. The Balaban J connectivity index is 1.36. The van der Waals surface area contributed by atoms with Crippen LogP contribution in [-0.4, -0.2) is 61.0 Å².